The molecule has 118 valence electrons. The number of rotatable bonds is 13. The number of unbranched alkanes of at least 4 members (excludes halogenated alkanes) is 2. The molecule has 0 aliphatic carbocycles. The second-order valence-electron chi connectivity index (χ2n) is 4.55. The van der Waals surface area contributed by atoms with E-state index in [9.17, 15) is 0 Å². The minimum Gasteiger partial charge on any atom is -0.379 e. The topological polar surface area (TPSA) is 24.1 Å². The van der Waals surface area contributed by atoms with E-state index in [0.717, 1.165) is 47.4 Å². The SMILES string of the molecule is CCCCC(=S)NCCSSCCNC(=S)CCCC. The van der Waals surface area contributed by atoms with E-state index in [1.54, 1.807) is 0 Å². The van der Waals surface area contributed by atoms with Crippen molar-refractivity contribution in [2.75, 3.05) is 24.6 Å². The van der Waals surface area contributed by atoms with Crippen LogP contribution in [-0.2, 0) is 0 Å². The molecular weight excluding hydrogens is 324 g/mol. The first-order valence-corrected chi connectivity index (χ1v) is 10.8. The van der Waals surface area contributed by atoms with Crippen LogP contribution in [0, 0.1) is 0 Å². The van der Waals surface area contributed by atoms with Crippen LogP contribution in [0.5, 0.6) is 0 Å². The lowest BCUT2D eigenvalue weighted by molar-refractivity contribution is 0.816. The largest absolute Gasteiger partial charge is 0.379 e. The van der Waals surface area contributed by atoms with Gasteiger partial charge in [0.05, 0.1) is 9.98 Å². The molecule has 0 spiro atoms. The van der Waals surface area contributed by atoms with Crippen LogP contribution in [-0.4, -0.2) is 34.6 Å². The highest BCUT2D eigenvalue weighted by Crippen LogP contribution is 2.19. The molecule has 0 radical (unpaired) electrons. The Morgan fingerprint density at radius 3 is 1.55 bits per heavy atom. The average molecular weight is 353 g/mol. The Morgan fingerprint density at radius 2 is 1.20 bits per heavy atom. The molecule has 0 bridgehead atoms. The second-order valence-corrected chi connectivity index (χ2v) is 8.24. The Balaban J connectivity index is 3.20. The van der Waals surface area contributed by atoms with Gasteiger partial charge in [-0.25, -0.2) is 0 Å². The van der Waals surface area contributed by atoms with Crippen molar-refractivity contribution in [1.82, 2.24) is 10.6 Å². The molecule has 0 atom stereocenters. The zero-order valence-corrected chi connectivity index (χ0v) is 16.0. The van der Waals surface area contributed by atoms with Gasteiger partial charge < -0.3 is 10.6 Å². The van der Waals surface area contributed by atoms with E-state index >= 15 is 0 Å². The van der Waals surface area contributed by atoms with E-state index in [-0.39, 0.29) is 0 Å². The monoisotopic (exact) mass is 352 g/mol. The lowest BCUT2D eigenvalue weighted by atomic mass is 10.2. The van der Waals surface area contributed by atoms with Crippen LogP contribution in [0.15, 0.2) is 0 Å². The van der Waals surface area contributed by atoms with Crippen LogP contribution in [0.1, 0.15) is 52.4 Å². The summed E-state index contributed by atoms with van der Waals surface area (Å²) in [7, 11) is 3.80. The molecule has 0 saturated heterocycles. The highest BCUT2D eigenvalue weighted by Gasteiger charge is 1.97. The van der Waals surface area contributed by atoms with Gasteiger partial charge in [0.15, 0.2) is 0 Å². The number of hydrogen-bond acceptors (Lipinski definition) is 4. The molecule has 0 aromatic carbocycles. The van der Waals surface area contributed by atoms with Gasteiger partial charge in [-0.2, -0.15) is 0 Å². The maximum atomic E-state index is 5.25. The van der Waals surface area contributed by atoms with E-state index in [2.05, 4.69) is 24.5 Å². The summed E-state index contributed by atoms with van der Waals surface area (Å²) < 4.78 is 0. The highest BCUT2D eigenvalue weighted by molar-refractivity contribution is 8.76. The normalized spacial score (nSPS) is 10.3. The van der Waals surface area contributed by atoms with Crippen molar-refractivity contribution in [3.63, 3.8) is 0 Å². The number of nitrogens with one attached hydrogen (secondary N) is 2. The van der Waals surface area contributed by atoms with Gasteiger partial charge in [0, 0.05) is 24.6 Å². The van der Waals surface area contributed by atoms with Crippen LogP contribution in [0.25, 0.3) is 0 Å². The third-order valence-electron chi connectivity index (χ3n) is 2.61. The molecule has 0 aromatic rings. The van der Waals surface area contributed by atoms with E-state index < -0.39 is 0 Å². The van der Waals surface area contributed by atoms with Crippen molar-refractivity contribution in [3.05, 3.63) is 0 Å². The van der Waals surface area contributed by atoms with Crippen LogP contribution < -0.4 is 10.6 Å². The average Bonchev–Trinajstić information content (AvgIpc) is 2.45. The molecule has 0 unspecified atom stereocenters. The summed E-state index contributed by atoms with van der Waals surface area (Å²) >= 11 is 10.5. The molecule has 0 aliphatic rings. The van der Waals surface area contributed by atoms with Gasteiger partial charge in [-0.05, 0) is 25.7 Å². The molecule has 0 amide bonds. The second kappa shape index (κ2) is 15.9. The van der Waals surface area contributed by atoms with E-state index in [1.807, 2.05) is 21.6 Å². The zero-order valence-electron chi connectivity index (χ0n) is 12.7. The molecule has 0 aliphatic heterocycles. The predicted molar refractivity (Wildman–Crippen MR) is 105 cm³/mol. The molecule has 2 N–H and O–H groups in total. The molecule has 2 nitrogen and oxygen atoms in total. The van der Waals surface area contributed by atoms with Crippen molar-refractivity contribution in [2.24, 2.45) is 0 Å². The Morgan fingerprint density at radius 1 is 0.800 bits per heavy atom. The highest BCUT2D eigenvalue weighted by atomic mass is 33.1. The third-order valence-corrected chi connectivity index (χ3v) is 5.72. The predicted octanol–water partition coefficient (Wildman–Crippen LogP) is 4.58. The minimum absolute atomic E-state index is 0.975. The third kappa shape index (κ3) is 14.9. The first kappa shape index (κ1) is 20.5. The lowest BCUT2D eigenvalue weighted by Crippen LogP contribution is -2.24. The fourth-order valence-corrected chi connectivity index (χ4v) is 3.74. The molecular formula is C14H28N2S4. The lowest BCUT2D eigenvalue weighted by Gasteiger charge is -2.08. The van der Waals surface area contributed by atoms with Crippen molar-refractivity contribution in [2.45, 2.75) is 52.4 Å². The summed E-state index contributed by atoms with van der Waals surface area (Å²) in [5.74, 6) is 2.19. The van der Waals surface area contributed by atoms with Crippen LogP contribution in [0.4, 0.5) is 0 Å². The van der Waals surface area contributed by atoms with Gasteiger partial charge in [-0.3, -0.25) is 0 Å². The Hall–Kier alpha value is 0.480. The first-order chi connectivity index (χ1) is 9.70. The fraction of sp³-hybridized carbons (Fsp3) is 0.857. The summed E-state index contributed by atoms with van der Waals surface area (Å²) in [4.78, 5) is 2.03. The van der Waals surface area contributed by atoms with Crippen molar-refractivity contribution in [3.8, 4) is 0 Å². The molecule has 0 aromatic heterocycles. The van der Waals surface area contributed by atoms with E-state index in [4.69, 9.17) is 24.4 Å². The van der Waals surface area contributed by atoms with Crippen molar-refractivity contribution < 1.29 is 0 Å². The van der Waals surface area contributed by atoms with Crippen LogP contribution >= 0.6 is 46.0 Å². The van der Waals surface area contributed by atoms with Gasteiger partial charge in [0.25, 0.3) is 0 Å². The Bertz CT molecular complexity index is 234. The molecule has 0 saturated carbocycles. The summed E-state index contributed by atoms with van der Waals surface area (Å²) in [5.41, 5.74) is 0. The van der Waals surface area contributed by atoms with Gasteiger partial charge in [0.2, 0.25) is 0 Å². The van der Waals surface area contributed by atoms with Crippen LogP contribution in [0.3, 0.4) is 0 Å². The summed E-state index contributed by atoms with van der Waals surface area (Å²) in [6.07, 6.45) is 6.86. The maximum absolute atomic E-state index is 5.25. The standard InChI is InChI=1S/C14H28N2S4/c1-3-5-7-13(17)15-9-11-19-20-12-10-16-14(18)8-6-4-2/h3-12H2,1-2H3,(H,15,17)(H,16,18). The van der Waals surface area contributed by atoms with Gasteiger partial charge in [-0.1, -0.05) is 72.7 Å². The Labute approximate surface area is 143 Å². The van der Waals surface area contributed by atoms with E-state index in [0.29, 0.717) is 0 Å². The quantitative estimate of drug-likeness (QED) is 0.286. The van der Waals surface area contributed by atoms with Gasteiger partial charge in [0.1, 0.15) is 0 Å². The summed E-state index contributed by atoms with van der Waals surface area (Å²) in [5, 5.41) is 6.62. The van der Waals surface area contributed by atoms with Crippen molar-refractivity contribution in [1.29, 1.82) is 0 Å². The number of thiocarbonyl (C=S) groups is 2. The first-order valence-electron chi connectivity index (χ1n) is 7.48. The molecule has 6 heteroatoms. The Kier molecular flexibility index (Phi) is 16.2. The summed E-state index contributed by atoms with van der Waals surface area (Å²) in [6.45, 7) is 6.33. The maximum Gasteiger partial charge on any atom is 0.0753 e. The van der Waals surface area contributed by atoms with Gasteiger partial charge in [-0.15, -0.1) is 0 Å². The number of hydrogen-bond donors (Lipinski definition) is 2. The molecule has 20 heavy (non-hydrogen) atoms. The van der Waals surface area contributed by atoms with E-state index in [1.165, 1.54) is 25.7 Å². The summed E-state index contributed by atoms with van der Waals surface area (Å²) in [6, 6.07) is 0. The minimum atomic E-state index is 0.975. The smallest absolute Gasteiger partial charge is 0.0753 e. The molecule has 0 heterocycles. The van der Waals surface area contributed by atoms with Gasteiger partial charge >= 0.3 is 0 Å². The zero-order chi connectivity index (χ0) is 15.1. The van der Waals surface area contributed by atoms with Crippen molar-refractivity contribution >= 4 is 56.0 Å². The van der Waals surface area contributed by atoms with Crippen LogP contribution in [0.2, 0.25) is 0 Å². The fourth-order valence-electron chi connectivity index (χ4n) is 1.43. The molecule has 0 rings (SSSR count). The molecule has 0 fully saturated rings.